The molecule has 0 aromatic rings. The van der Waals surface area contributed by atoms with E-state index in [1.807, 2.05) is 0 Å². The number of carbonyl (C=O) groups excluding carboxylic acids is 1. The molecule has 0 aromatic heterocycles. The second-order valence-corrected chi connectivity index (χ2v) is 3.20. The normalized spacial score (nSPS) is 10.9. The minimum absolute atomic E-state index is 0.812. The van der Waals surface area contributed by atoms with Crippen LogP contribution < -0.4 is 4.72 Å². The molecule has 0 fully saturated rings. The van der Waals surface area contributed by atoms with Crippen molar-refractivity contribution in [3.8, 4) is 0 Å². The molecular weight excluding hydrogens is 146 g/mol. The van der Waals surface area contributed by atoms with Crippen molar-refractivity contribution in [1.29, 1.82) is 0 Å². The summed E-state index contributed by atoms with van der Waals surface area (Å²) >= 11 is 0. The minimum Gasteiger partial charge on any atom is -0.387 e. The Hall–Kier alpha value is -0.620. The number of carbonyl (C=O) groups is 1. The van der Waals surface area contributed by atoms with Gasteiger partial charge in [-0.25, -0.2) is 8.42 Å². The van der Waals surface area contributed by atoms with Crippen molar-refractivity contribution < 1.29 is 18.3 Å². The molecule has 9 heavy (non-hydrogen) atoms. The van der Waals surface area contributed by atoms with Crippen LogP contribution in [-0.4, -0.2) is 32.3 Å². The Morgan fingerprint density at radius 1 is 1.67 bits per heavy atom. The number of nitrogens with one attached hydrogen (secondary N) is 1. The van der Waals surface area contributed by atoms with Gasteiger partial charge in [-0.1, -0.05) is 0 Å². The summed E-state index contributed by atoms with van der Waals surface area (Å²) in [4.78, 5) is 10.1. The van der Waals surface area contributed by atoms with Crippen LogP contribution >= 0.6 is 0 Å². The van der Waals surface area contributed by atoms with E-state index in [0.29, 0.717) is 0 Å². The van der Waals surface area contributed by atoms with Crippen LogP contribution in [-0.2, 0) is 14.8 Å². The average molecular weight is 153 g/mol. The molecule has 5 nitrogen and oxygen atoms in total. The summed E-state index contributed by atoms with van der Waals surface area (Å²) in [6.45, 7) is -0.812. The molecule has 0 rings (SSSR count). The van der Waals surface area contributed by atoms with Gasteiger partial charge < -0.3 is 5.11 Å². The van der Waals surface area contributed by atoms with E-state index in [4.69, 9.17) is 5.11 Å². The van der Waals surface area contributed by atoms with Crippen LogP contribution in [0.2, 0.25) is 0 Å². The number of sulfonamides is 1. The SMILES string of the molecule is CS(=O)(=O)NC(=O)CO. The van der Waals surface area contributed by atoms with Gasteiger partial charge in [0.15, 0.2) is 0 Å². The Kier molecular flexibility index (Phi) is 2.60. The van der Waals surface area contributed by atoms with E-state index >= 15 is 0 Å². The van der Waals surface area contributed by atoms with E-state index in [1.54, 1.807) is 4.72 Å². The van der Waals surface area contributed by atoms with Crippen LogP contribution in [0.25, 0.3) is 0 Å². The Balaban J connectivity index is 3.91. The van der Waals surface area contributed by atoms with Crippen molar-refractivity contribution in [1.82, 2.24) is 4.72 Å². The second kappa shape index (κ2) is 2.79. The molecular formula is C3H7NO4S. The minimum atomic E-state index is -3.49. The molecule has 1 amide bonds. The quantitative estimate of drug-likeness (QED) is 0.483. The number of hydrogen-bond donors (Lipinski definition) is 2. The third kappa shape index (κ3) is 5.25. The van der Waals surface area contributed by atoms with Gasteiger partial charge in [-0.3, -0.25) is 9.52 Å². The zero-order valence-corrected chi connectivity index (χ0v) is 5.60. The molecule has 0 bridgehead atoms. The molecule has 0 aliphatic rings. The number of hydrogen-bond acceptors (Lipinski definition) is 4. The highest BCUT2D eigenvalue weighted by atomic mass is 32.2. The zero-order chi connectivity index (χ0) is 7.49. The molecule has 0 radical (unpaired) electrons. The van der Waals surface area contributed by atoms with Gasteiger partial charge in [0, 0.05) is 0 Å². The summed E-state index contributed by atoms with van der Waals surface area (Å²) in [7, 11) is -3.49. The van der Waals surface area contributed by atoms with Crippen molar-refractivity contribution >= 4 is 15.9 Å². The summed E-state index contributed by atoms with van der Waals surface area (Å²) in [5, 5.41) is 8.02. The van der Waals surface area contributed by atoms with E-state index in [2.05, 4.69) is 0 Å². The molecule has 0 saturated heterocycles. The number of aliphatic hydroxyl groups is 1. The number of rotatable bonds is 2. The fraction of sp³-hybridized carbons (Fsp3) is 0.667. The average Bonchev–Trinajstić information content (AvgIpc) is 1.62. The van der Waals surface area contributed by atoms with E-state index in [9.17, 15) is 13.2 Å². The largest absolute Gasteiger partial charge is 0.387 e. The van der Waals surface area contributed by atoms with Crippen LogP contribution in [0.15, 0.2) is 0 Å². The van der Waals surface area contributed by atoms with E-state index < -0.39 is 22.5 Å². The zero-order valence-electron chi connectivity index (χ0n) is 4.79. The maximum Gasteiger partial charge on any atom is 0.259 e. The topological polar surface area (TPSA) is 83.5 Å². The van der Waals surface area contributed by atoms with E-state index in [1.165, 1.54) is 0 Å². The summed E-state index contributed by atoms with van der Waals surface area (Å²) in [6, 6.07) is 0. The van der Waals surface area contributed by atoms with Gasteiger partial charge in [0.2, 0.25) is 10.0 Å². The van der Waals surface area contributed by atoms with Crippen LogP contribution in [0.1, 0.15) is 0 Å². The van der Waals surface area contributed by atoms with Crippen molar-refractivity contribution in [2.24, 2.45) is 0 Å². The van der Waals surface area contributed by atoms with Crippen molar-refractivity contribution in [2.45, 2.75) is 0 Å². The molecule has 0 aliphatic carbocycles. The predicted octanol–water partition coefficient (Wildman–Crippen LogP) is -1.95. The monoisotopic (exact) mass is 153 g/mol. The van der Waals surface area contributed by atoms with Crippen LogP contribution in [0.4, 0.5) is 0 Å². The highest BCUT2D eigenvalue weighted by Gasteiger charge is 2.04. The Labute approximate surface area is 52.7 Å². The van der Waals surface area contributed by atoms with Crippen molar-refractivity contribution in [3.63, 3.8) is 0 Å². The van der Waals surface area contributed by atoms with Gasteiger partial charge >= 0.3 is 0 Å². The standard InChI is InChI=1S/C3H7NO4S/c1-9(7,8)4-3(6)2-5/h5H,2H2,1H3,(H,4,6). The molecule has 0 saturated carbocycles. The van der Waals surface area contributed by atoms with Gasteiger partial charge in [-0.15, -0.1) is 0 Å². The first-order chi connectivity index (χ1) is 3.95. The maximum absolute atomic E-state index is 10.2. The van der Waals surface area contributed by atoms with Crippen LogP contribution in [0.5, 0.6) is 0 Å². The lowest BCUT2D eigenvalue weighted by atomic mass is 10.7. The fourth-order valence-corrected chi connectivity index (χ4v) is 0.717. The number of amides is 1. The maximum atomic E-state index is 10.2. The lowest BCUT2D eigenvalue weighted by Gasteiger charge is -1.96. The lowest BCUT2D eigenvalue weighted by Crippen LogP contribution is -2.31. The third-order valence-corrected chi connectivity index (χ3v) is 1.04. The summed E-state index contributed by atoms with van der Waals surface area (Å²) in [6.07, 6.45) is 0.834. The molecule has 0 aromatic carbocycles. The predicted molar refractivity (Wildman–Crippen MR) is 30.1 cm³/mol. The highest BCUT2D eigenvalue weighted by molar-refractivity contribution is 7.89. The van der Waals surface area contributed by atoms with Gasteiger partial charge in [0.25, 0.3) is 5.91 Å². The van der Waals surface area contributed by atoms with E-state index in [-0.39, 0.29) is 0 Å². The summed E-state index contributed by atoms with van der Waals surface area (Å²) in [5.41, 5.74) is 0. The molecule has 0 aliphatic heterocycles. The fourth-order valence-electron chi connectivity index (χ4n) is 0.239. The van der Waals surface area contributed by atoms with Crippen molar-refractivity contribution in [3.05, 3.63) is 0 Å². The molecule has 54 valence electrons. The molecule has 0 heterocycles. The molecule has 0 atom stereocenters. The van der Waals surface area contributed by atoms with Gasteiger partial charge in [0.05, 0.1) is 6.26 Å². The third-order valence-electron chi connectivity index (χ3n) is 0.443. The van der Waals surface area contributed by atoms with E-state index in [0.717, 1.165) is 6.26 Å². The molecule has 2 N–H and O–H groups in total. The first-order valence-electron chi connectivity index (χ1n) is 2.07. The summed E-state index contributed by atoms with van der Waals surface area (Å²) < 4.78 is 21.9. The second-order valence-electron chi connectivity index (χ2n) is 1.46. The first-order valence-corrected chi connectivity index (χ1v) is 3.96. The van der Waals surface area contributed by atoms with Crippen LogP contribution in [0, 0.1) is 0 Å². The van der Waals surface area contributed by atoms with Gasteiger partial charge in [-0.2, -0.15) is 0 Å². The molecule has 0 unspecified atom stereocenters. The first kappa shape index (κ1) is 8.38. The van der Waals surface area contributed by atoms with Crippen molar-refractivity contribution in [2.75, 3.05) is 12.9 Å². The van der Waals surface area contributed by atoms with Gasteiger partial charge in [-0.05, 0) is 0 Å². The summed E-state index contributed by atoms with van der Waals surface area (Å²) in [5.74, 6) is -0.919. The molecule has 6 heteroatoms. The smallest absolute Gasteiger partial charge is 0.259 e. The van der Waals surface area contributed by atoms with Crippen LogP contribution in [0.3, 0.4) is 0 Å². The Morgan fingerprint density at radius 3 is 2.22 bits per heavy atom. The highest BCUT2D eigenvalue weighted by Crippen LogP contribution is 1.71. The Bertz CT molecular complexity index is 194. The number of aliphatic hydroxyl groups excluding tert-OH is 1. The van der Waals surface area contributed by atoms with Gasteiger partial charge in [0.1, 0.15) is 6.61 Å². The Morgan fingerprint density at radius 2 is 2.11 bits per heavy atom. The molecule has 0 spiro atoms. The lowest BCUT2D eigenvalue weighted by molar-refractivity contribution is -0.122.